The van der Waals surface area contributed by atoms with Crippen molar-refractivity contribution in [1.82, 2.24) is 4.72 Å². The number of hydrogen-bond donors (Lipinski definition) is 3. The summed E-state index contributed by atoms with van der Waals surface area (Å²) in [5.74, 6) is 3.21. The molecule has 0 aromatic heterocycles. The molecule has 4 rings (SSSR count). The summed E-state index contributed by atoms with van der Waals surface area (Å²) in [6.07, 6.45) is 9.68. The Hall–Kier alpha value is 0.790. The van der Waals surface area contributed by atoms with Gasteiger partial charge in [-0.3, -0.25) is 0 Å². The van der Waals surface area contributed by atoms with Crippen LogP contribution in [-0.4, -0.2) is 41.9 Å². The Morgan fingerprint density at radius 3 is 2.32 bits per heavy atom. The smallest absolute Gasteiger partial charge is 0.735 e. The molecule has 11 atom stereocenters. The Bertz CT molecular complexity index is 811. The minimum atomic E-state index is -4.36. The molecule has 0 aromatic carbocycles. The standard InChI is InChI=1S/C26H47NO5S.Na/c1-5-18-22-15-17(28)10-12-26(22,4)21-11-13-25(3)19(8-9-20(25)23(21)24(18)29)16(2)7-6-14-27-33(30,31)32;/h16-24,27-29H,5-15H2,1-4H3,(H,30,31,32);/q;+1/p-1/t16-,17-,18-,19-,20+,21+,22+,23+,24-,25-,26-;/m1./s1. The van der Waals surface area contributed by atoms with E-state index in [1.165, 1.54) is 25.7 Å². The average Bonchev–Trinajstić information content (AvgIpc) is 3.09. The van der Waals surface area contributed by atoms with E-state index in [9.17, 15) is 23.2 Å². The van der Waals surface area contributed by atoms with Crippen LogP contribution in [0.25, 0.3) is 0 Å². The van der Waals surface area contributed by atoms with Crippen LogP contribution in [0, 0.1) is 52.3 Å². The van der Waals surface area contributed by atoms with Crippen LogP contribution in [0.2, 0.25) is 0 Å². The molecule has 4 aliphatic carbocycles. The maximum atomic E-state index is 11.8. The second kappa shape index (κ2) is 10.9. The van der Waals surface area contributed by atoms with Gasteiger partial charge in [0.1, 0.15) is 0 Å². The molecule has 0 bridgehead atoms. The second-order valence-electron chi connectivity index (χ2n) is 12.6. The van der Waals surface area contributed by atoms with Crippen LogP contribution in [0.1, 0.15) is 91.9 Å². The summed E-state index contributed by atoms with van der Waals surface area (Å²) in [6.45, 7) is 9.67. The van der Waals surface area contributed by atoms with Gasteiger partial charge >= 0.3 is 29.6 Å². The number of aliphatic hydroxyl groups is 2. The Labute approximate surface area is 229 Å². The predicted octanol–water partition coefficient (Wildman–Crippen LogP) is 1.08. The monoisotopic (exact) mass is 507 g/mol. The van der Waals surface area contributed by atoms with Crippen LogP contribution in [0.15, 0.2) is 0 Å². The third kappa shape index (κ3) is 5.21. The van der Waals surface area contributed by atoms with Crippen LogP contribution >= 0.6 is 0 Å². The zero-order chi connectivity index (χ0) is 24.2. The van der Waals surface area contributed by atoms with Crippen molar-refractivity contribution in [2.75, 3.05) is 6.54 Å². The van der Waals surface area contributed by atoms with Gasteiger partial charge in [0.15, 0.2) is 10.3 Å². The van der Waals surface area contributed by atoms with E-state index in [4.69, 9.17) is 0 Å². The SMILES string of the molecule is CC[C@H]1[C@@H](O)[C@@H]2[C@H](CC[C@]3(C)[C@@H]([C@H](C)CCCNS(=O)(=O)[O-])CC[C@@H]23)[C@@]2(C)CC[C@@H](O)C[C@@H]12.[Na+]. The van der Waals surface area contributed by atoms with Gasteiger partial charge in [-0.2, -0.15) is 0 Å². The van der Waals surface area contributed by atoms with Crippen molar-refractivity contribution in [2.45, 2.75) is 104 Å². The van der Waals surface area contributed by atoms with Crippen molar-refractivity contribution in [3.63, 3.8) is 0 Å². The van der Waals surface area contributed by atoms with Gasteiger partial charge in [0.2, 0.25) is 0 Å². The first-order valence-electron chi connectivity index (χ1n) is 13.5. The number of rotatable bonds is 7. The third-order valence-electron chi connectivity index (χ3n) is 11.3. The van der Waals surface area contributed by atoms with Gasteiger partial charge in [-0.25, -0.2) is 13.1 Å². The molecule has 0 radical (unpaired) electrons. The fraction of sp³-hybridized carbons (Fsp3) is 1.00. The molecular formula is C26H46NNaO5S. The summed E-state index contributed by atoms with van der Waals surface area (Å²) in [5, 5.41) is 22.2. The molecule has 0 spiro atoms. The Morgan fingerprint density at radius 2 is 1.68 bits per heavy atom. The van der Waals surface area contributed by atoms with Crippen molar-refractivity contribution >= 4 is 10.3 Å². The quantitative estimate of drug-likeness (QED) is 0.271. The summed E-state index contributed by atoms with van der Waals surface area (Å²) in [6, 6.07) is 0. The van der Waals surface area contributed by atoms with E-state index in [0.717, 1.165) is 32.1 Å². The van der Waals surface area contributed by atoms with E-state index in [0.29, 0.717) is 41.9 Å². The van der Waals surface area contributed by atoms with Gasteiger partial charge in [-0.15, -0.1) is 0 Å². The van der Waals surface area contributed by atoms with Gasteiger partial charge in [-0.05, 0) is 110 Å². The first-order chi connectivity index (χ1) is 15.4. The first kappa shape index (κ1) is 29.3. The first-order valence-corrected chi connectivity index (χ1v) is 14.9. The fourth-order valence-corrected chi connectivity index (χ4v) is 10.1. The van der Waals surface area contributed by atoms with Crippen LogP contribution < -0.4 is 34.3 Å². The zero-order valence-electron chi connectivity index (χ0n) is 22.0. The molecule has 0 aromatic rings. The molecule has 0 saturated heterocycles. The van der Waals surface area contributed by atoms with Crippen LogP contribution in [0.5, 0.6) is 0 Å². The van der Waals surface area contributed by atoms with E-state index in [1.54, 1.807) is 0 Å². The normalized spacial score (nSPS) is 47.1. The van der Waals surface area contributed by atoms with Gasteiger partial charge < -0.3 is 14.8 Å². The summed E-state index contributed by atoms with van der Waals surface area (Å²) < 4.78 is 34.6. The van der Waals surface area contributed by atoms with E-state index >= 15 is 0 Å². The van der Waals surface area contributed by atoms with E-state index in [2.05, 4.69) is 32.4 Å². The molecule has 4 saturated carbocycles. The van der Waals surface area contributed by atoms with Gasteiger partial charge in [0.05, 0.1) is 12.2 Å². The predicted molar refractivity (Wildman–Crippen MR) is 128 cm³/mol. The molecule has 0 unspecified atom stereocenters. The van der Waals surface area contributed by atoms with Gasteiger partial charge in [0, 0.05) is 6.54 Å². The summed E-state index contributed by atoms with van der Waals surface area (Å²) >= 11 is 0. The fourth-order valence-electron chi connectivity index (χ4n) is 9.75. The summed E-state index contributed by atoms with van der Waals surface area (Å²) in [7, 11) is -4.36. The van der Waals surface area contributed by atoms with Crippen LogP contribution in [-0.2, 0) is 10.3 Å². The summed E-state index contributed by atoms with van der Waals surface area (Å²) in [5.41, 5.74) is 0.444. The maximum Gasteiger partial charge on any atom is 1.00 e. The second-order valence-corrected chi connectivity index (χ2v) is 13.8. The van der Waals surface area contributed by atoms with Crippen molar-refractivity contribution in [2.24, 2.45) is 52.3 Å². The molecule has 4 aliphatic rings. The van der Waals surface area contributed by atoms with E-state index in [1.807, 2.05) is 0 Å². The van der Waals surface area contributed by atoms with E-state index in [-0.39, 0.29) is 65.1 Å². The number of hydrogen-bond acceptors (Lipinski definition) is 5. The third-order valence-corrected chi connectivity index (χ3v) is 11.8. The molecule has 3 N–H and O–H groups in total. The largest absolute Gasteiger partial charge is 1.00 e. The molecule has 192 valence electrons. The van der Waals surface area contributed by atoms with Crippen molar-refractivity contribution in [1.29, 1.82) is 0 Å². The number of nitrogens with one attached hydrogen (secondary N) is 1. The van der Waals surface area contributed by atoms with Crippen molar-refractivity contribution in [3.05, 3.63) is 0 Å². The topological polar surface area (TPSA) is 110 Å². The minimum absolute atomic E-state index is 0. The molecule has 4 fully saturated rings. The minimum Gasteiger partial charge on any atom is -0.735 e. The van der Waals surface area contributed by atoms with Gasteiger partial charge in [0.25, 0.3) is 0 Å². The number of aliphatic hydroxyl groups excluding tert-OH is 2. The molecule has 0 amide bonds. The van der Waals surface area contributed by atoms with E-state index < -0.39 is 10.3 Å². The van der Waals surface area contributed by atoms with Crippen LogP contribution in [0.4, 0.5) is 0 Å². The number of fused-ring (bicyclic) bond motifs is 5. The van der Waals surface area contributed by atoms with Crippen LogP contribution in [0.3, 0.4) is 0 Å². The molecule has 0 heterocycles. The Balaban J connectivity index is 0.00000324. The zero-order valence-corrected chi connectivity index (χ0v) is 24.8. The molecule has 6 nitrogen and oxygen atoms in total. The average molecular weight is 508 g/mol. The van der Waals surface area contributed by atoms with Gasteiger partial charge in [-0.1, -0.05) is 34.1 Å². The van der Waals surface area contributed by atoms with Crippen molar-refractivity contribution < 1.29 is 52.7 Å². The molecular weight excluding hydrogens is 461 g/mol. The Kier molecular flexibility index (Phi) is 9.39. The molecule has 0 aliphatic heterocycles. The molecule has 34 heavy (non-hydrogen) atoms. The molecule has 8 heteroatoms. The maximum absolute atomic E-state index is 11.8. The Morgan fingerprint density at radius 1 is 1.03 bits per heavy atom. The van der Waals surface area contributed by atoms with Crippen molar-refractivity contribution in [3.8, 4) is 0 Å². The summed E-state index contributed by atoms with van der Waals surface area (Å²) in [4.78, 5) is 0.